The Balaban J connectivity index is 1.42. The molecule has 0 fully saturated rings. The van der Waals surface area contributed by atoms with Gasteiger partial charge in [0.05, 0.1) is 23.6 Å². The fourth-order valence-corrected chi connectivity index (χ4v) is 4.80. The molecule has 0 aliphatic carbocycles. The molecule has 5 aromatic rings. The van der Waals surface area contributed by atoms with E-state index in [1.165, 1.54) is 0 Å². The molecule has 1 aliphatic rings. The highest BCUT2D eigenvalue weighted by molar-refractivity contribution is 6.31. The third-order valence-electron chi connectivity index (χ3n) is 6.09. The molecule has 1 aromatic carbocycles. The van der Waals surface area contributed by atoms with Gasteiger partial charge in [0.2, 0.25) is 0 Å². The molecule has 10 heteroatoms. The third-order valence-corrected chi connectivity index (χ3v) is 6.36. The molecule has 0 spiro atoms. The number of pyridine rings is 2. The molecule has 0 bridgehead atoms. The molecular formula is C24H18ClN8O. The Morgan fingerprint density at radius 3 is 2.88 bits per heavy atom. The largest absolute Gasteiger partial charge is 0.339 e. The Kier molecular flexibility index (Phi) is 4.84. The Hall–Kier alpha value is -4.11. The highest BCUT2D eigenvalue weighted by Crippen LogP contribution is 2.35. The minimum Gasteiger partial charge on any atom is -0.339 e. The van der Waals surface area contributed by atoms with Crippen LogP contribution in [0.3, 0.4) is 0 Å². The third kappa shape index (κ3) is 3.41. The van der Waals surface area contributed by atoms with Crippen LogP contribution in [0.15, 0.2) is 59.8 Å². The molecule has 5 heterocycles. The minimum absolute atomic E-state index is 0.0933. The quantitative estimate of drug-likeness (QED) is 0.431. The number of hydrogen-bond donors (Lipinski definition) is 1. The molecule has 6 rings (SSSR count). The lowest BCUT2D eigenvalue weighted by atomic mass is 10.0. The second-order valence-electron chi connectivity index (χ2n) is 8.24. The zero-order valence-corrected chi connectivity index (χ0v) is 18.9. The highest BCUT2D eigenvalue weighted by Gasteiger charge is 2.29. The molecule has 1 radical (unpaired) electrons. The van der Waals surface area contributed by atoms with Crippen molar-refractivity contribution in [1.29, 1.82) is 0 Å². The van der Waals surface area contributed by atoms with Crippen LogP contribution in [-0.2, 0) is 6.42 Å². The standard InChI is InChI=1S/C24H18ClN8O/c1-14-4-6-19(32-13-27-30-31-32)18(9-14)16-10-17-5-7-20(33(17)21(34)11-16)24-28-22(23(25)29-24)15-3-2-8-26-12-15/h2-4,6,9-13,20H,5,7H2,1H3,(H,28,29)/t20-/m0/s1. The van der Waals surface area contributed by atoms with Crippen molar-refractivity contribution in [2.24, 2.45) is 0 Å². The first kappa shape index (κ1) is 20.5. The van der Waals surface area contributed by atoms with E-state index in [4.69, 9.17) is 11.6 Å². The minimum atomic E-state index is -0.220. The number of H-pyrrole nitrogens is 1. The van der Waals surface area contributed by atoms with Crippen LogP contribution in [0.4, 0.5) is 0 Å². The second kappa shape index (κ2) is 8.03. The number of hydrogen-bond acceptors (Lipinski definition) is 6. The fraction of sp³-hybridized carbons (Fsp3) is 0.167. The number of fused-ring (bicyclic) bond motifs is 1. The predicted molar refractivity (Wildman–Crippen MR) is 126 cm³/mol. The van der Waals surface area contributed by atoms with Gasteiger partial charge < -0.3 is 9.55 Å². The first-order valence-electron chi connectivity index (χ1n) is 10.8. The lowest BCUT2D eigenvalue weighted by Gasteiger charge is -2.15. The van der Waals surface area contributed by atoms with Crippen LogP contribution in [0.2, 0.25) is 5.15 Å². The van der Waals surface area contributed by atoms with E-state index in [2.05, 4.69) is 42.7 Å². The van der Waals surface area contributed by atoms with E-state index in [1.807, 2.05) is 31.2 Å². The molecule has 1 atom stereocenters. The molecule has 1 N–H and O–H groups in total. The van der Waals surface area contributed by atoms with Crippen molar-refractivity contribution in [2.75, 3.05) is 0 Å². The Bertz CT molecular complexity index is 1560. The maximum atomic E-state index is 13.4. The average molecular weight is 470 g/mol. The number of tetrazole rings is 1. The van der Waals surface area contributed by atoms with Crippen LogP contribution in [0.25, 0.3) is 28.1 Å². The zero-order valence-electron chi connectivity index (χ0n) is 18.1. The van der Waals surface area contributed by atoms with Gasteiger partial charge in [0.15, 0.2) is 5.15 Å². The summed E-state index contributed by atoms with van der Waals surface area (Å²) in [7, 11) is 0. The summed E-state index contributed by atoms with van der Waals surface area (Å²) in [6.45, 7) is 2.02. The number of rotatable bonds is 4. The SMILES string of the molecule is Cc1ccc(-n2cnnn2)c(-c2cc3n(c(=O)c2)[C@H](c2nc(Cl)c(-c4cc[c]nc4)[nH]2)CC3)c1. The van der Waals surface area contributed by atoms with Gasteiger partial charge in [-0.2, -0.15) is 4.68 Å². The number of benzene rings is 1. The summed E-state index contributed by atoms with van der Waals surface area (Å²) in [5, 5.41) is 11.9. The van der Waals surface area contributed by atoms with Gasteiger partial charge >= 0.3 is 0 Å². The van der Waals surface area contributed by atoms with Gasteiger partial charge in [-0.3, -0.25) is 9.78 Å². The van der Waals surface area contributed by atoms with Crippen LogP contribution in [-0.4, -0.2) is 39.7 Å². The van der Waals surface area contributed by atoms with Crippen LogP contribution in [0, 0.1) is 13.1 Å². The van der Waals surface area contributed by atoms with E-state index < -0.39 is 0 Å². The predicted octanol–water partition coefficient (Wildman–Crippen LogP) is 3.57. The number of imidazole rings is 1. The van der Waals surface area contributed by atoms with Gasteiger partial charge in [0.1, 0.15) is 12.2 Å². The van der Waals surface area contributed by atoms with Gasteiger partial charge in [-0.1, -0.05) is 23.2 Å². The normalized spacial score (nSPS) is 14.9. The maximum Gasteiger partial charge on any atom is 0.252 e. The molecule has 9 nitrogen and oxygen atoms in total. The molecular weight excluding hydrogens is 452 g/mol. The molecule has 167 valence electrons. The fourth-order valence-electron chi connectivity index (χ4n) is 4.55. The summed E-state index contributed by atoms with van der Waals surface area (Å²) in [6.07, 6.45) is 7.47. The van der Waals surface area contributed by atoms with E-state index in [0.29, 0.717) is 16.7 Å². The monoisotopic (exact) mass is 469 g/mol. The molecule has 0 amide bonds. The summed E-state index contributed by atoms with van der Waals surface area (Å²) in [5.74, 6) is 0.659. The highest BCUT2D eigenvalue weighted by atomic mass is 35.5. The van der Waals surface area contributed by atoms with Gasteiger partial charge in [-0.15, -0.1) is 5.10 Å². The maximum absolute atomic E-state index is 13.4. The number of nitrogens with one attached hydrogen (secondary N) is 1. The molecule has 34 heavy (non-hydrogen) atoms. The first-order valence-corrected chi connectivity index (χ1v) is 11.1. The number of aryl methyl sites for hydroxylation is 2. The van der Waals surface area contributed by atoms with Crippen molar-refractivity contribution in [2.45, 2.75) is 25.8 Å². The number of aromatic nitrogens is 8. The van der Waals surface area contributed by atoms with E-state index in [-0.39, 0.29) is 11.6 Å². The van der Waals surface area contributed by atoms with Crippen LogP contribution in [0.1, 0.15) is 29.5 Å². The van der Waals surface area contributed by atoms with E-state index in [9.17, 15) is 4.79 Å². The molecule has 4 aromatic heterocycles. The van der Waals surface area contributed by atoms with Crippen LogP contribution >= 0.6 is 11.6 Å². The van der Waals surface area contributed by atoms with Crippen molar-refractivity contribution < 1.29 is 0 Å². The molecule has 0 saturated carbocycles. The molecule has 1 aliphatic heterocycles. The smallest absolute Gasteiger partial charge is 0.252 e. The van der Waals surface area contributed by atoms with Gasteiger partial charge in [-0.25, -0.2) is 4.98 Å². The lowest BCUT2D eigenvalue weighted by molar-refractivity contribution is 0.572. The van der Waals surface area contributed by atoms with Crippen molar-refractivity contribution in [3.63, 3.8) is 0 Å². The van der Waals surface area contributed by atoms with Gasteiger partial charge in [-0.05, 0) is 66.1 Å². The van der Waals surface area contributed by atoms with Crippen LogP contribution in [0.5, 0.6) is 0 Å². The second-order valence-corrected chi connectivity index (χ2v) is 8.59. The summed E-state index contributed by atoms with van der Waals surface area (Å²) in [5.41, 5.74) is 5.97. The summed E-state index contributed by atoms with van der Waals surface area (Å²) < 4.78 is 3.40. The molecule has 0 saturated heterocycles. The van der Waals surface area contributed by atoms with Crippen molar-refractivity contribution >= 4 is 11.6 Å². The number of nitrogens with zero attached hydrogens (tertiary/aromatic N) is 7. The van der Waals surface area contributed by atoms with Crippen molar-refractivity contribution in [3.05, 3.63) is 93.8 Å². The Labute approximate surface area is 199 Å². The summed E-state index contributed by atoms with van der Waals surface area (Å²) in [6, 6.07) is 13.1. The number of aromatic amines is 1. The van der Waals surface area contributed by atoms with Crippen molar-refractivity contribution in [1.82, 2.24) is 39.7 Å². The van der Waals surface area contributed by atoms with Gasteiger partial charge in [0, 0.05) is 29.1 Å². The Morgan fingerprint density at radius 2 is 2.09 bits per heavy atom. The van der Waals surface area contributed by atoms with Crippen LogP contribution < -0.4 is 5.56 Å². The van der Waals surface area contributed by atoms with Gasteiger partial charge in [0.25, 0.3) is 5.56 Å². The van der Waals surface area contributed by atoms with E-state index in [0.717, 1.165) is 46.5 Å². The lowest BCUT2D eigenvalue weighted by Crippen LogP contribution is -2.24. The summed E-state index contributed by atoms with van der Waals surface area (Å²) >= 11 is 6.42. The first-order chi connectivity index (χ1) is 16.6. The van der Waals surface area contributed by atoms with E-state index in [1.54, 1.807) is 33.9 Å². The molecule has 0 unspecified atom stereocenters. The summed E-state index contributed by atoms with van der Waals surface area (Å²) in [4.78, 5) is 25.2. The average Bonchev–Trinajstić information content (AvgIpc) is 3.59. The Morgan fingerprint density at radius 1 is 1.18 bits per heavy atom. The van der Waals surface area contributed by atoms with Crippen molar-refractivity contribution in [3.8, 4) is 28.1 Å². The van der Waals surface area contributed by atoms with E-state index >= 15 is 0 Å². The number of halogens is 1. The topological polar surface area (TPSA) is 107 Å². The zero-order chi connectivity index (χ0) is 23.2.